The minimum Gasteiger partial charge on any atom is -0.504 e. The highest BCUT2D eigenvalue weighted by molar-refractivity contribution is 5.93. The molecule has 0 bridgehead atoms. The van der Waals surface area contributed by atoms with Crippen molar-refractivity contribution < 1.29 is 9.90 Å². The van der Waals surface area contributed by atoms with Crippen LogP contribution >= 0.6 is 0 Å². The summed E-state index contributed by atoms with van der Waals surface area (Å²) in [4.78, 5) is 16.5. The van der Waals surface area contributed by atoms with Crippen molar-refractivity contribution in [3.05, 3.63) is 47.7 Å². The molecule has 0 spiro atoms. The summed E-state index contributed by atoms with van der Waals surface area (Å²) >= 11 is 0. The molecule has 21 heavy (non-hydrogen) atoms. The zero-order chi connectivity index (χ0) is 14.8. The molecule has 3 N–H and O–H groups in total. The average Bonchev–Trinajstić information content (AvgIpc) is 2.50. The fraction of sp³-hybridized carbons (Fsp3) is 0.250. The summed E-state index contributed by atoms with van der Waals surface area (Å²) in [5.74, 6) is -0.107. The number of hydrogen-bond acceptors (Lipinski definition) is 4. The number of pyridine rings is 1. The lowest BCUT2D eigenvalue weighted by molar-refractivity contribution is -0.119. The summed E-state index contributed by atoms with van der Waals surface area (Å²) < 4.78 is 0. The summed E-state index contributed by atoms with van der Waals surface area (Å²) in [6.07, 6.45) is 0.682. The summed E-state index contributed by atoms with van der Waals surface area (Å²) in [6, 6.07) is 11.2. The van der Waals surface area contributed by atoms with E-state index in [-0.39, 0.29) is 23.4 Å². The second kappa shape index (κ2) is 5.44. The lowest BCUT2D eigenvalue weighted by Gasteiger charge is -2.25. The maximum absolute atomic E-state index is 12.3. The Balaban J connectivity index is 1.74. The molecule has 1 amide bonds. The van der Waals surface area contributed by atoms with Crippen molar-refractivity contribution in [1.29, 1.82) is 0 Å². The first-order valence-corrected chi connectivity index (χ1v) is 6.93. The van der Waals surface area contributed by atoms with E-state index in [0.717, 1.165) is 16.9 Å². The van der Waals surface area contributed by atoms with E-state index in [9.17, 15) is 9.90 Å². The van der Waals surface area contributed by atoms with Crippen LogP contribution in [0.5, 0.6) is 5.75 Å². The van der Waals surface area contributed by atoms with Crippen LogP contribution in [0.25, 0.3) is 0 Å². The highest BCUT2D eigenvalue weighted by atomic mass is 16.3. The van der Waals surface area contributed by atoms with Gasteiger partial charge in [0.1, 0.15) is 0 Å². The van der Waals surface area contributed by atoms with E-state index in [4.69, 9.17) is 0 Å². The molecule has 0 radical (unpaired) electrons. The van der Waals surface area contributed by atoms with Gasteiger partial charge in [0.05, 0.1) is 5.92 Å². The van der Waals surface area contributed by atoms with Crippen LogP contribution in [0, 0.1) is 12.8 Å². The van der Waals surface area contributed by atoms with E-state index in [2.05, 4.69) is 15.6 Å². The molecule has 1 aliphatic heterocycles. The fourth-order valence-electron chi connectivity index (χ4n) is 2.49. The molecule has 2 heterocycles. The van der Waals surface area contributed by atoms with Crippen molar-refractivity contribution in [2.45, 2.75) is 13.3 Å². The summed E-state index contributed by atoms with van der Waals surface area (Å²) in [5, 5.41) is 15.7. The van der Waals surface area contributed by atoms with E-state index in [1.54, 1.807) is 6.07 Å². The molecule has 1 aromatic carbocycles. The molecular formula is C16H17N3O2. The van der Waals surface area contributed by atoms with Crippen LogP contribution in [0.15, 0.2) is 36.4 Å². The van der Waals surface area contributed by atoms with Gasteiger partial charge in [0.2, 0.25) is 5.91 Å². The lowest BCUT2D eigenvalue weighted by atomic mass is 9.93. The monoisotopic (exact) mass is 283 g/mol. The maximum atomic E-state index is 12.3. The van der Waals surface area contributed by atoms with Gasteiger partial charge in [-0.25, -0.2) is 4.98 Å². The van der Waals surface area contributed by atoms with Crippen molar-refractivity contribution in [2.75, 3.05) is 17.2 Å². The minimum atomic E-state index is -0.179. The van der Waals surface area contributed by atoms with Gasteiger partial charge in [-0.1, -0.05) is 18.2 Å². The molecular weight excluding hydrogens is 266 g/mol. The van der Waals surface area contributed by atoms with E-state index >= 15 is 0 Å². The third-order valence-corrected chi connectivity index (χ3v) is 3.65. The molecule has 0 fully saturated rings. The van der Waals surface area contributed by atoms with Gasteiger partial charge in [0, 0.05) is 17.9 Å². The number of para-hydroxylation sites is 1. The molecule has 5 heteroatoms. The fourth-order valence-corrected chi connectivity index (χ4v) is 2.49. The first-order valence-electron chi connectivity index (χ1n) is 6.93. The van der Waals surface area contributed by atoms with Crippen LogP contribution in [-0.2, 0) is 11.2 Å². The topological polar surface area (TPSA) is 74.2 Å². The van der Waals surface area contributed by atoms with Crippen LogP contribution in [0.1, 0.15) is 11.3 Å². The largest absolute Gasteiger partial charge is 0.504 e. The van der Waals surface area contributed by atoms with Crippen molar-refractivity contribution in [2.24, 2.45) is 5.92 Å². The Labute approximate surface area is 123 Å². The number of aromatic nitrogens is 1. The number of hydrogen-bond donors (Lipinski definition) is 3. The minimum absolute atomic E-state index is 0.0156. The lowest BCUT2D eigenvalue weighted by Crippen LogP contribution is -2.34. The number of nitrogens with one attached hydrogen (secondary N) is 2. The number of rotatable bonds is 2. The molecule has 1 unspecified atom stereocenters. The molecule has 1 atom stereocenters. The van der Waals surface area contributed by atoms with Crippen LogP contribution in [0.2, 0.25) is 0 Å². The number of aromatic hydroxyl groups is 1. The standard InChI is InChI=1S/C16H17N3O2/c1-10-6-7-14(20)15(18-10)19-16(21)12-8-11-4-2-3-5-13(11)17-9-12/h2-7,12,17,20H,8-9H2,1H3,(H,18,19,21). The zero-order valence-corrected chi connectivity index (χ0v) is 11.8. The molecule has 2 aromatic rings. The normalized spacial score (nSPS) is 16.7. The Morgan fingerprint density at radius 1 is 1.33 bits per heavy atom. The highest BCUT2D eigenvalue weighted by Gasteiger charge is 2.25. The van der Waals surface area contributed by atoms with Gasteiger partial charge < -0.3 is 15.7 Å². The number of amides is 1. The van der Waals surface area contributed by atoms with E-state index in [1.165, 1.54) is 6.07 Å². The molecule has 1 aromatic heterocycles. The van der Waals surface area contributed by atoms with E-state index < -0.39 is 0 Å². The number of aryl methyl sites for hydroxylation is 1. The molecule has 0 saturated heterocycles. The number of carbonyl (C=O) groups is 1. The van der Waals surface area contributed by atoms with Crippen molar-refractivity contribution in [3.63, 3.8) is 0 Å². The van der Waals surface area contributed by atoms with Gasteiger partial charge in [-0.3, -0.25) is 4.79 Å². The molecule has 0 aliphatic carbocycles. The van der Waals surface area contributed by atoms with Crippen molar-refractivity contribution in [3.8, 4) is 5.75 Å². The quantitative estimate of drug-likeness (QED) is 0.790. The Morgan fingerprint density at radius 2 is 2.14 bits per heavy atom. The van der Waals surface area contributed by atoms with Crippen molar-refractivity contribution in [1.82, 2.24) is 4.98 Å². The van der Waals surface area contributed by atoms with Crippen LogP contribution in [0.3, 0.4) is 0 Å². The van der Waals surface area contributed by atoms with Crippen LogP contribution in [-0.4, -0.2) is 22.5 Å². The second-order valence-corrected chi connectivity index (χ2v) is 5.25. The third-order valence-electron chi connectivity index (χ3n) is 3.65. The number of nitrogens with zero attached hydrogens (tertiary/aromatic N) is 1. The van der Waals surface area contributed by atoms with E-state index in [1.807, 2.05) is 31.2 Å². The highest BCUT2D eigenvalue weighted by Crippen LogP contribution is 2.26. The Bertz CT molecular complexity index is 685. The molecule has 1 aliphatic rings. The van der Waals surface area contributed by atoms with Gasteiger partial charge in [-0.2, -0.15) is 0 Å². The molecule has 3 rings (SSSR count). The van der Waals surface area contributed by atoms with Gasteiger partial charge in [-0.05, 0) is 37.1 Å². The summed E-state index contributed by atoms with van der Waals surface area (Å²) in [6.45, 7) is 2.39. The Kier molecular flexibility index (Phi) is 3.48. The predicted molar refractivity (Wildman–Crippen MR) is 81.4 cm³/mol. The number of anilines is 2. The zero-order valence-electron chi connectivity index (χ0n) is 11.8. The summed E-state index contributed by atoms with van der Waals surface area (Å²) in [7, 11) is 0. The molecule has 0 saturated carbocycles. The molecule has 5 nitrogen and oxygen atoms in total. The van der Waals surface area contributed by atoms with Crippen molar-refractivity contribution >= 4 is 17.4 Å². The Hall–Kier alpha value is -2.56. The number of fused-ring (bicyclic) bond motifs is 1. The molecule has 108 valence electrons. The average molecular weight is 283 g/mol. The third kappa shape index (κ3) is 2.81. The first kappa shape index (κ1) is 13.4. The van der Waals surface area contributed by atoms with E-state index in [0.29, 0.717) is 13.0 Å². The van der Waals surface area contributed by atoms with Crippen LogP contribution < -0.4 is 10.6 Å². The second-order valence-electron chi connectivity index (χ2n) is 5.25. The number of benzene rings is 1. The van der Waals surface area contributed by atoms with Gasteiger partial charge in [0.25, 0.3) is 0 Å². The SMILES string of the molecule is Cc1ccc(O)c(NC(=O)C2CNc3ccccc3C2)n1. The first-order chi connectivity index (χ1) is 10.1. The van der Waals surface area contributed by atoms with Gasteiger partial charge in [0.15, 0.2) is 11.6 Å². The van der Waals surface area contributed by atoms with Gasteiger partial charge >= 0.3 is 0 Å². The van der Waals surface area contributed by atoms with Gasteiger partial charge in [-0.15, -0.1) is 0 Å². The smallest absolute Gasteiger partial charge is 0.230 e. The number of carbonyl (C=O) groups excluding carboxylic acids is 1. The summed E-state index contributed by atoms with van der Waals surface area (Å²) in [5.41, 5.74) is 2.96. The van der Waals surface area contributed by atoms with Crippen LogP contribution in [0.4, 0.5) is 11.5 Å². The maximum Gasteiger partial charge on any atom is 0.230 e. The predicted octanol–water partition coefficient (Wildman–Crippen LogP) is 2.32. The Morgan fingerprint density at radius 3 is 3.00 bits per heavy atom.